The first-order chi connectivity index (χ1) is 4.34. The highest BCUT2D eigenvalue weighted by atomic mass is 15.1. The molecule has 1 saturated heterocycles. The Morgan fingerprint density at radius 2 is 2.22 bits per heavy atom. The van der Waals surface area contributed by atoms with Crippen molar-refractivity contribution < 1.29 is 0 Å². The molecule has 9 heavy (non-hydrogen) atoms. The Kier molecular flexibility index (Phi) is 2.52. The maximum atomic E-state index is 2.43. The van der Waals surface area contributed by atoms with Crippen LogP contribution in [0, 0.1) is 6.54 Å². The molecule has 0 aliphatic carbocycles. The van der Waals surface area contributed by atoms with Crippen molar-refractivity contribution in [3.8, 4) is 0 Å². The van der Waals surface area contributed by atoms with Crippen LogP contribution in [0.4, 0.5) is 0 Å². The molecule has 0 N–H and O–H groups in total. The van der Waals surface area contributed by atoms with E-state index in [2.05, 4.69) is 25.3 Å². The monoisotopic (exact) mass is 126 g/mol. The molecule has 1 aliphatic heterocycles. The fraction of sp³-hybridized carbons (Fsp3) is 0.875. The van der Waals surface area contributed by atoms with Gasteiger partial charge in [-0.25, -0.2) is 0 Å². The molecule has 1 radical (unpaired) electrons. The first-order valence-corrected chi connectivity index (χ1v) is 3.90. The van der Waals surface area contributed by atoms with E-state index in [0.29, 0.717) is 0 Å². The third-order valence-electron chi connectivity index (χ3n) is 2.19. The molecule has 0 bridgehead atoms. The van der Waals surface area contributed by atoms with Gasteiger partial charge in [-0.15, -0.1) is 0 Å². The molecule has 0 aromatic rings. The summed E-state index contributed by atoms with van der Waals surface area (Å²) >= 11 is 0. The highest BCUT2D eigenvalue weighted by molar-refractivity contribution is 4.76. The number of hydrogen-bond acceptors (Lipinski definition) is 1. The molecule has 53 valence electrons. The van der Waals surface area contributed by atoms with Gasteiger partial charge in [0.2, 0.25) is 0 Å². The average Bonchev–Trinajstić information content (AvgIpc) is 1.89. The summed E-state index contributed by atoms with van der Waals surface area (Å²) in [6, 6.07) is 0.795. The molecule has 0 saturated carbocycles. The highest BCUT2D eigenvalue weighted by Gasteiger charge is 2.15. The van der Waals surface area contributed by atoms with Gasteiger partial charge in [0.25, 0.3) is 0 Å². The minimum atomic E-state index is 0.795. The first-order valence-electron chi connectivity index (χ1n) is 3.90. The predicted octanol–water partition coefficient (Wildman–Crippen LogP) is 2.04. The van der Waals surface area contributed by atoms with E-state index in [1.54, 1.807) is 0 Å². The molecule has 1 atom stereocenters. The van der Waals surface area contributed by atoms with Gasteiger partial charge in [0.05, 0.1) is 0 Å². The van der Waals surface area contributed by atoms with Gasteiger partial charge >= 0.3 is 0 Å². The summed E-state index contributed by atoms with van der Waals surface area (Å²) in [5, 5.41) is 0. The Labute approximate surface area is 58.0 Å². The van der Waals surface area contributed by atoms with Crippen LogP contribution in [0.25, 0.3) is 0 Å². The second-order valence-corrected chi connectivity index (χ2v) is 2.84. The molecule has 0 spiro atoms. The minimum Gasteiger partial charge on any atom is -0.296 e. The van der Waals surface area contributed by atoms with E-state index < -0.39 is 0 Å². The van der Waals surface area contributed by atoms with Crippen molar-refractivity contribution >= 4 is 0 Å². The van der Waals surface area contributed by atoms with Gasteiger partial charge in [-0.1, -0.05) is 6.42 Å². The predicted molar refractivity (Wildman–Crippen MR) is 40.0 cm³/mol. The number of piperidine rings is 1. The summed E-state index contributed by atoms with van der Waals surface area (Å²) in [5.41, 5.74) is 0. The zero-order valence-corrected chi connectivity index (χ0v) is 6.43. The molecular weight excluding hydrogens is 110 g/mol. The van der Waals surface area contributed by atoms with Gasteiger partial charge in [-0.3, -0.25) is 4.90 Å². The molecule has 0 aromatic carbocycles. The smallest absolute Gasteiger partial charge is 0.0223 e. The van der Waals surface area contributed by atoms with E-state index in [0.717, 1.165) is 6.04 Å². The summed E-state index contributed by atoms with van der Waals surface area (Å²) in [7, 11) is 0. The summed E-state index contributed by atoms with van der Waals surface area (Å²) in [6.45, 7) is 7.92. The maximum Gasteiger partial charge on any atom is 0.0223 e. The van der Waals surface area contributed by atoms with E-state index in [4.69, 9.17) is 0 Å². The number of rotatable bonds is 1. The Hall–Kier alpha value is -0.0400. The van der Waals surface area contributed by atoms with E-state index >= 15 is 0 Å². The first kappa shape index (κ1) is 7.07. The fourth-order valence-electron chi connectivity index (χ4n) is 1.50. The number of likely N-dealkylation sites (tertiary alicyclic amines) is 1. The van der Waals surface area contributed by atoms with Gasteiger partial charge < -0.3 is 0 Å². The lowest BCUT2D eigenvalue weighted by atomic mass is 10.0. The van der Waals surface area contributed by atoms with Crippen LogP contribution in [0.15, 0.2) is 0 Å². The highest BCUT2D eigenvalue weighted by Crippen LogP contribution is 2.16. The van der Waals surface area contributed by atoms with E-state index in [-0.39, 0.29) is 0 Å². The standard InChI is InChI=1S/C8H16N/c1-3-9-7-5-4-6-8(9)2/h3,8H,4-7H2,1-2H3. The van der Waals surface area contributed by atoms with Crippen molar-refractivity contribution in [3.05, 3.63) is 6.54 Å². The van der Waals surface area contributed by atoms with Gasteiger partial charge in [-0.05, 0) is 33.2 Å². The van der Waals surface area contributed by atoms with Crippen molar-refractivity contribution in [2.45, 2.75) is 39.2 Å². The third-order valence-corrected chi connectivity index (χ3v) is 2.19. The van der Waals surface area contributed by atoms with Crippen LogP contribution in [0.2, 0.25) is 0 Å². The van der Waals surface area contributed by atoms with Crippen LogP contribution in [-0.2, 0) is 0 Å². The number of hydrogen-bond donors (Lipinski definition) is 0. The van der Waals surface area contributed by atoms with Gasteiger partial charge in [0, 0.05) is 12.6 Å². The lowest BCUT2D eigenvalue weighted by Gasteiger charge is -2.31. The lowest BCUT2D eigenvalue weighted by molar-refractivity contribution is 0.203. The zero-order chi connectivity index (χ0) is 6.69. The third kappa shape index (κ3) is 1.68. The SMILES string of the molecule is C[CH]N1CCCCC1C. The Bertz CT molecular complexity index is 80.6. The van der Waals surface area contributed by atoms with Crippen molar-refractivity contribution in [2.24, 2.45) is 0 Å². The van der Waals surface area contributed by atoms with Crippen LogP contribution in [-0.4, -0.2) is 17.5 Å². The molecule has 1 unspecified atom stereocenters. The quantitative estimate of drug-likeness (QED) is 0.519. The summed E-state index contributed by atoms with van der Waals surface area (Å²) in [5.74, 6) is 0. The normalized spacial score (nSPS) is 30.7. The molecule has 1 rings (SSSR count). The average molecular weight is 126 g/mol. The molecule has 0 amide bonds. The minimum absolute atomic E-state index is 0.795. The molecule has 1 fully saturated rings. The summed E-state index contributed by atoms with van der Waals surface area (Å²) < 4.78 is 0. The molecule has 0 aromatic heterocycles. The van der Waals surface area contributed by atoms with E-state index in [9.17, 15) is 0 Å². The van der Waals surface area contributed by atoms with E-state index in [1.165, 1.54) is 25.8 Å². The van der Waals surface area contributed by atoms with Crippen LogP contribution in [0.1, 0.15) is 33.1 Å². The van der Waals surface area contributed by atoms with Gasteiger partial charge in [0.15, 0.2) is 0 Å². The lowest BCUT2D eigenvalue weighted by Crippen LogP contribution is -2.34. The Morgan fingerprint density at radius 1 is 1.44 bits per heavy atom. The van der Waals surface area contributed by atoms with Crippen molar-refractivity contribution in [1.29, 1.82) is 0 Å². The van der Waals surface area contributed by atoms with E-state index in [1.807, 2.05) is 0 Å². The Balaban J connectivity index is 2.30. The molecule has 1 aliphatic rings. The summed E-state index contributed by atoms with van der Waals surface area (Å²) in [6.07, 6.45) is 4.19. The zero-order valence-electron chi connectivity index (χ0n) is 6.43. The van der Waals surface area contributed by atoms with Crippen molar-refractivity contribution in [3.63, 3.8) is 0 Å². The maximum absolute atomic E-state index is 2.43. The van der Waals surface area contributed by atoms with Gasteiger partial charge in [0.1, 0.15) is 0 Å². The topological polar surface area (TPSA) is 3.24 Å². The second-order valence-electron chi connectivity index (χ2n) is 2.84. The van der Waals surface area contributed by atoms with Crippen LogP contribution in [0.3, 0.4) is 0 Å². The number of nitrogens with zero attached hydrogens (tertiary/aromatic N) is 1. The van der Waals surface area contributed by atoms with Crippen LogP contribution < -0.4 is 0 Å². The fourth-order valence-corrected chi connectivity index (χ4v) is 1.50. The molecule has 1 heterocycles. The largest absolute Gasteiger partial charge is 0.296 e. The van der Waals surface area contributed by atoms with Crippen LogP contribution in [0.5, 0.6) is 0 Å². The molecular formula is C8H16N. The molecule has 1 heteroatoms. The second kappa shape index (κ2) is 3.21. The Morgan fingerprint density at radius 3 is 2.67 bits per heavy atom. The van der Waals surface area contributed by atoms with Crippen molar-refractivity contribution in [2.75, 3.05) is 6.54 Å². The summed E-state index contributed by atoms with van der Waals surface area (Å²) in [4.78, 5) is 2.43. The molecule has 1 nitrogen and oxygen atoms in total. The van der Waals surface area contributed by atoms with Gasteiger partial charge in [-0.2, -0.15) is 0 Å². The van der Waals surface area contributed by atoms with Crippen molar-refractivity contribution in [1.82, 2.24) is 4.90 Å². The van der Waals surface area contributed by atoms with Crippen LogP contribution >= 0.6 is 0 Å².